The Hall–Kier alpha value is -2.05. The van der Waals surface area contributed by atoms with Crippen molar-refractivity contribution in [3.63, 3.8) is 0 Å². The summed E-state index contributed by atoms with van der Waals surface area (Å²) in [5.41, 5.74) is 1.36. The first-order valence-corrected chi connectivity index (χ1v) is 6.01. The lowest BCUT2D eigenvalue weighted by atomic mass is 10.3. The number of tetrazole rings is 1. The molecule has 0 aromatic carbocycles. The Morgan fingerprint density at radius 1 is 1.05 bits per heavy atom. The highest BCUT2D eigenvalue weighted by Gasteiger charge is 2.08. The van der Waals surface area contributed by atoms with E-state index < -0.39 is 0 Å². The van der Waals surface area contributed by atoms with Crippen LogP contribution in [0.3, 0.4) is 0 Å². The van der Waals surface area contributed by atoms with Crippen LogP contribution in [0.2, 0.25) is 10.2 Å². The van der Waals surface area contributed by atoms with Crippen molar-refractivity contribution in [3.8, 4) is 17.1 Å². The third-order valence-electron chi connectivity index (χ3n) is 2.32. The van der Waals surface area contributed by atoms with Crippen LogP contribution >= 0.6 is 23.2 Å². The number of aromatic nitrogens is 6. The summed E-state index contributed by atoms with van der Waals surface area (Å²) < 4.78 is 0. The smallest absolute Gasteiger partial charge is 0.206 e. The second kappa shape index (κ2) is 4.91. The van der Waals surface area contributed by atoms with Crippen molar-refractivity contribution >= 4 is 23.2 Å². The van der Waals surface area contributed by atoms with Gasteiger partial charge in [-0.25, -0.2) is 4.98 Å². The first kappa shape index (κ1) is 12.0. The van der Waals surface area contributed by atoms with Crippen molar-refractivity contribution in [3.05, 3.63) is 47.0 Å². The van der Waals surface area contributed by atoms with E-state index in [9.17, 15) is 0 Å². The van der Waals surface area contributed by atoms with Crippen LogP contribution < -0.4 is 0 Å². The van der Waals surface area contributed by atoms with E-state index in [-0.39, 0.29) is 0 Å². The maximum absolute atomic E-state index is 5.87. The van der Waals surface area contributed by atoms with E-state index in [4.69, 9.17) is 23.2 Å². The second-order valence-electron chi connectivity index (χ2n) is 3.63. The van der Waals surface area contributed by atoms with E-state index in [2.05, 4.69) is 25.4 Å². The van der Waals surface area contributed by atoms with Gasteiger partial charge < -0.3 is 0 Å². The minimum Gasteiger partial charge on any atom is -0.262 e. The van der Waals surface area contributed by atoms with Crippen LogP contribution in [0.15, 0.2) is 36.8 Å². The molecule has 0 radical (unpaired) electrons. The molecule has 0 amide bonds. The van der Waals surface area contributed by atoms with Crippen molar-refractivity contribution < 1.29 is 0 Å². The molecule has 3 aromatic heterocycles. The van der Waals surface area contributed by atoms with Gasteiger partial charge in [-0.1, -0.05) is 23.2 Å². The summed E-state index contributed by atoms with van der Waals surface area (Å²) in [6, 6.07) is 5.12. The van der Waals surface area contributed by atoms with E-state index in [0.717, 1.165) is 0 Å². The molecule has 3 rings (SSSR count). The minimum atomic E-state index is 0.406. The number of halogens is 2. The molecular formula is C11H6Cl2N6. The Morgan fingerprint density at radius 3 is 2.68 bits per heavy atom. The third kappa shape index (κ3) is 2.54. The highest BCUT2D eigenvalue weighted by Crippen LogP contribution is 2.17. The molecular weight excluding hydrogens is 287 g/mol. The monoisotopic (exact) mass is 292 g/mol. The SMILES string of the molecule is Clc1cncc(-c2nnn(-c3ccc(Cl)nc3)n2)c1. The fourth-order valence-electron chi connectivity index (χ4n) is 1.46. The molecule has 19 heavy (non-hydrogen) atoms. The average molecular weight is 293 g/mol. The topological polar surface area (TPSA) is 69.4 Å². The lowest BCUT2D eigenvalue weighted by molar-refractivity contribution is 0.717. The number of hydrogen-bond acceptors (Lipinski definition) is 5. The van der Waals surface area contributed by atoms with E-state index in [1.54, 1.807) is 36.8 Å². The van der Waals surface area contributed by atoms with Gasteiger partial charge in [0, 0.05) is 18.0 Å². The van der Waals surface area contributed by atoms with Gasteiger partial charge in [-0.3, -0.25) is 4.98 Å². The number of hydrogen-bond donors (Lipinski definition) is 0. The normalized spacial score (nSPS) is 10.6. The molecule has 0 N–H and O–H groups in total. The van der Waals surface area contributed by atoms with Crippen LogP contribution in [-0.4, -0.2) is 30.2 Å². The molecule has 3 heterocycles. The first-order valence-electron chi connectivity index (χ1n) is 5.25. The van der Waals surface area contributed by atoms with Crippen molar-refractivity contribution in [2.24, 2.45) is 0 Å². The Morgan fingerprint density at radius 2 is 1.95 bits per heavy atom. The lowest BCUT2D eigenvalue weighted by Gasteiger charge is -1.97. The molecule has 0 atom stereocenters. The predicted octanol–water partition coefficient (Wildman–Crippen LogP) is 2.43. The zero-order valence-electron chi connectivity index (χ0n) is 9.40. The molecule has 94 valence electrons. The largest absolute Gasteiger partial charge is 0.262 e. The zero-order chi connectivity index (χ0) is 13.2. The van der Waals surface area contributed by atoms with Gasteiger partial charge in [-0.15, -0.1) is 15.0 Å². The van der Waals surface area contributed by atoms with Crippen LogP contribution in [0.5, 0.6) is 0 Å². The van der Waals surface area contributed by atoms with E-state index in [0.29, 0.717) is 27.3 Å². The Balaban J connectivity index is 1.97. The van der Waals surface area contributed by atoms with Gasteiger partial charge in [0.15, 0.2) is 0 Å². The van der Waals surface area contributed by atoms with E-state index in [1.807, 2.05) is 0 Å². The maximum Gasteiger partial charge on any atom is 0.206 e. The number of nitrogens with zero attached hydrogens (tertiary/aromatic N) is 6. The summed E-state index contributed by atoms with van der Waals surface area (Å²) in [5.74, 6) is 0.435. The molecule has 0 unspecified atom stereocenters. The zero-order valence-corrected chi connectivity index (χ0v) is 10.9. The predicted molar refractivity (Wildman–Crippen MR) is 70.2 cm³/mol. The quantitative estimate of drug-likeness (QED) is 0.679. The van der Waals surface area contributed by atoms with Gasteiger partial charge in [-0.2, -0.15) is 0 Å². The molecule has 0 fully saturated rings. The molecule has 0 bridgehead atoms. The van der Waals surface area contributed by atoms with E-state index in [1.165, 1.54) is 4.80 Å². The summed E-state index contributed by atoms with van der Waals surface area (Å²) in [4.78, 5) is 9.29. The molecule has 0 saturated carbocycles. The molecule has 0 aliphatic heterocycles. The molecule has 8 heteroatoms. The van der Waals surface area contributed by atoms with Gasteiger partial charge >= 0.3 is 0 Å². The Kier molecular flexibility index (Phi) is 3.10. The van der Waals surface area contributed by atoms with Crippen LogP contribution in [0.25, 0.3) is 17.1 Å². The van der Waals surface area contributed by atoms with E-state index >= 15 is 0 Å². The third-order valence-corrected chi connectivity index (χ3v) is 2.75. The van der Waals surface area contributed by atoms with Gasteiger partial charge in [0.05, 0.1) is 11.2 Å². The summed E-state index contributed by atoms with van der Waals surface area (Å²) in [5, 5.41) is 13.0. The lowest BCUT2D eigenvalue weighted by Crippen LogP contribution is -1.99. The van der Waals surface area contributed by atoms with Crippen molar-refractivity contribution in [1.29, 1.82) is 0 Å². The minimum absolute atomic E-state index is 0.406. The van der Waals surface area contributed by atoms with Crippen molar-refractivity contribution in [2.45, 2.75) is 0 Å². The molecule has 0 spiro atoms. The van der Waals surface area contributed by atoms with Crippen molar-refractivity contribution in [2.75, 3.05) is 0 Å². The van der Waals surface area contributed by atoms with Gasteiger partial charge in [0.2, 0.25) is 5.82 Å². The standard InChI is InChI=1S/C11H6Cl2N6/c12-8-3-7(4-14-5-8)11-16-18-19(17-11)9-1-2-10(13)15-6-9/h1-6H. The summed E-state index contributed by atoms with van der Waals surface area (Å²) in [6.07, 6.45) is 4.72. The number of rotatable bonds is 2. The fourth-order valence-corrected chi connectivity index (χ4v) is 1.75. The van der Waals surface area contributed by atoms with Gasteiger partial charge in [0.25, 0.3) is 0 Å². The molecule has 0 saturated heterocycles. The molecule has 0 aliphatic rings. The fraction of sp³-hybridized carbons (Fsp3) is 0. The summed E-state index contributed by atoms with van der Waals surface area (Å²) in [7, 11) is 0. The molecule has 0 aliphatic carbocycles. The highest BCUT2D eigenvalue weighted by molar-refractivity contribution is 6.30. The Bertz CT molecular complexity index is 709. The van der Waals surface area contributed by atoms with Crippen LogP contribution in [0.1, 0.15) is 0 Å². The molecule has 6 nitrogen and oxygen atoms in total. The van der Waals surface area contributed by atoms with Crippen LogP contribution in [0.4, 0.5) is 0 Å². The molecule has 3 aromatic rings. The highest BCUT2D eigenvalue weighted by atomic mass is 35.5. The number of pyridine rings is 2. The average Bonchev–Trinajstić information content (AvgIpc) is 2.89. The van der Waals surface area contributed by atoms with Crippen LogP contribution in [0, 0.1) is 0 Å². The first-order chi connectivity index (χ1) is 9.22. The van der Waals surface area contributed by atoms with Gasteiger partial charge in [0.1, 0.15) is 10.8 Å². The van der Waals surface area contributed by atoms with Crippen LogP contribution in [-0.2, 0) is 0 Å². The Labute approximate surface area is 118 Å². The van der Waals surface area contributed by atoms with Gasteiger partial charge in [-0.05, 0) is 23.4 Å². The summed E-state index contributed by atoms with van der Waals surface area (Å²) in [6.45, 7) is 0. The van der Waals surface area contributed by atoms with Crippen molar-refractivity contribution in [1.82, 2.24) is 30.2 Å². The summed E-state index contributed by atoms with van der Waals surface area (Å²) >= 11 is 11.6. The maximum atomic E-state index is 5.87. The second-order valence-corrected chi connectivity index (χ2v) is 4.46.